The number of rotatable bonds is 19. The molecule has 7 heterocycles. The zero-order chi connectivity index (χ0) is 47.2. The summed E-state index contributed by atoms with van der Waals surface area (Å²) < 4.78 is 6.10. The lowest BCUT2D eigenvalue weighted by Crippen LogP contribution is -2.54. The number of likely N-dealkylation sites (tertiary alicyclic amines) is 1. The molecule has 68 heavy (non-hydrogen) atoms. The van der Waals surface area contributed by atoms with Gasteiger partial charge < -0.3 is 29.7 Å². The third-order valence-corrected chi connectivity index (χ3v) is 14.3. The Hall–Kier alpha value is -6.23. The molecule has 5 aliphatic heterocycles. The fourth-order valence-corrected chi connectivity index (χ4v) is 10.2. The number of aromatic nitrogens is 3. The molecule has 362 valence electrons. The molecule has 0 aliphatic carbocycles. The number of anilines is 1. The molecule has 2 N–H and O–H groups in total. The number of fused-ring (bicyclic) bond motifs is 1. The minimum atomic E-state index is -0.657. The molecular formula is C51H66N10O7. The van der Waals surface area contributed by atoms with Crippen LogP contribution in [0.15, 0.2) is 60.9 Å². The Morgan fingerprint density at radius 3 is 2.35 bits per heavy atom. The summed E-state index contributed by atoms with van der Waals surface area (Å²) in [5.41, 5.74) is 2.61. The molecule has 0 saturated carbocycles. The molecule has 5 aliphatic rings. The van der Waals surface area contributed by atoms with E-state index in [2.05, 4.69) is 35.6 Å². The highest BCUT2D eigenvalue weighted by molar-refractivity contribution is 6.05. The normalized spacial score (nSPS) is 19.6. The summed E-state index contributed by atoms with van der Waals surface area (Å²) in [5.74, 6) is 1.16. The number of carbonyl (C=O) groups excluding carboxylic acids is 6. The van der Waals surface area contributed by atoms with Gasteiger partial charge in [-0.25, -0.2) is 0 Å². The van der Waals surface area contributed by atoms with Crippen LogP contribution >= 0.6 is 0 Å². The van der Waals surface area contributed by atoms with Crippen LogP contribution in [0, 0.1) is 5.92 Å². The Morgan fingerprint density at radius 1 is 0.794 bits per heavy atom. The minimum Gasteiger partial charge on any atom is -0.493 e. The summed E-state index contributed by atoms with van der Waals surface area (Å²) in [5, 5.41) is 14.2. The van der Waals surface area contributed by atoms with Crippen LogP contribution in [-0.2, 0) is 25.7 Å². The Labute approximate surface area is 399 Å². The number of imide groups is 1. The standard InChI is InChI=1S/C51H66N10O7/c62-46(18-14-38-10-8-24-52-35-38)53-25-5-4-9-37-20-26-60(27-21-37)51(67)42-15-17-45(56-55-42)58-28-22-39(23-29-58)57-30-32-59(33-31-57)48(64)13-3-1-2-6-34-68-44-12-7-11-40-41(44)36-61(50(40)66)43-16-19-47(63)54-49(43)65/h7-8,10-12,14-15,17-18,24,35,37,39,43H,1-6,9,13,16,19-23,25-34,36H2,(H,53,62)(H,54,63,65)/b18-14+. The van der Waals surface area contributed by atoms with E-state index in [1.807, 2.05) is 40.1 Å². The zero-order valence-corrected chi connectivity index (χ0v) is 39.2. The number of amides is 6. The third kappa shape index (κ3) is 12.6. The van der Waals surface area contributed by atoms with Crippen molar-refractivity contribution in [1.82, 2.24) is 45.4 Å². The van der Waals surface area contributed by atoms with Gasteiger partial charge in [0, 0.05) is 107 Å². The summed E-state index contributed by atoms with van der Waals surface area (Å²) in [4.78, 5) is 90.0. The first-order chi connectivity index (χ1) is 33.2. The summed E-state index contributed by atoms with van der Waals surface area (Å²) in [6.07, 6.45) is 18.4. The number of ether oxygens (including phenoxy) is 1. The highest BCUT2D eigenvalue weighted by Crippen LogP contribution is 2.34. The number of carbonyl (C=O) groups is 6. The Morgan fingerprint density at radius 2 is 1.60 bits per heavy atom. The molecular weight excluding hydrogens is 865 g/mol. The molecule has 6 amide bonds. The molecule has 0 spiro atoms. The molecule has 2 aromatic heterocycles. The van der Waals surface area contributed by atoms with E-state index in [-0.39, 0.29) is 42.5 Å². The molecule has 8 rings (SSSR count). The summed E-state index contributed by atoms with van der Waals surface area (Å²) in [6, 6.07) is 12.7. The molecule has 0 radical (unpaired) electrons. The first-order valence-corrected chi connectivity index (χ1v) is 24.8. The predicted molar refractivity (Wildman–Crippen MR) is 255 cm³/mol. The van der Waals surface area contributed by atoms with E-state index in [1.54, 1.807) is 36.7 Å². The maximum atomic E-state index is 13.3. The quantitative estimate of drug-likeness (QED) is 0.0965. The number of hydrogen-bond donors (Lipinski definition) is 2. The Kier molecular flexibility index (Phi) is 16.8. The maximum absolute atomic E-state index is 13.3. The lowest BCUT2D eigenvalue weighted by atomic mass is 9.91. The smallest absolute Gasteiger partial charge is 0.274 e. The second-order valence-electron chi connectivity index (χ2n) is 18.7. The van der Waals surface area contributed by atoms with Gasteiger partial charge in [0.05, 0.1) is 13.2 Å². The molecule has 1 atom stereocenters. The van der Waals surface area contributed by atoms with E-state index in [0.29, 0.717) is 55.0 Å². The zero-order valence-electron chi connectivity index (χ0n) is 39.2. The third-order valence-electron chi connectivity index (χ3n) is 14.3. The monoisotopic (exact) mass is 931 g/mol. The van der Waals surface area contributed by atoms with Crippen LogP contribution in [0.2, 0.25) is 0 Å². The van der Waals surface area contributed by atoms with E-state index in [1.165, 1.54) is 4.90 Å². The van der Waals surface area contributed by atoms with E-state index in [0.717, 1.165) is 140 Å². The lowest BCUT2D eigenvalue weighted by molar-refractivity contribution is -0.137. The summed E-state index contributed by atoms with van der Waals surface area (Å²) >= 11 is 0. The first kappa shape index (κ1) is 48.2. The lowest BCUT2D eigenvalue weighted by Gasteiger charge is -2.43. The van der Waals surface area contributed by atoms with Crippen molar-refractivity contribution in [3.8, 4) is 5.75 Å². The SMILES string of the molecule is O=C(/C=C/c1cccnc1)NCCCCC1CCN(C(=O)c2ccc(N3CCC(N4CCN(C(=O)CCCCCCOc5cccc6c5CN(C5CCC(=O)NC5=O)C6=O)CC4)CC3)nn2)CC1. The highest BCUT2D eigenvalue weighted by Gasteiger charge is 2.40. The van der Waals surface area contributed by atoms with Crippen LogP contribution in [-0.4, -0.2) is 148 Å². The van der Waals surface area contributed by atoms with Crippen molar-refractivity contribution in [2.24, 2.45) is 5.92 Å². The predicted octanol–water partition coefficient (Wildman–Crippen LogP) is 4.63. The van der Waals surface area contributed by atoms with Crippen molar-refractivity contribution in [3.63, 3.8) is 0 Å². The van der Waals surface area contributed by atoms with Crippen LogP contribution in [0.5, 0.6) is 5.75 Å². The van der Waals surface area contributed by atoms with E-state index in [4.69, 9.17) is 4.74 Å². The number of piperazine rings is 1. The van der Waals surface area contributed by atoms with E-state index in [9.17, 15) is 28.8 Å². The van der Waals surface area contributed by atoms with Crippen LogP contribution in [0.3, 0.4) is 0 Å². The molecule has 17 heteroatoms. The van der Waals surface area contributed by atoms with Crippen molar-refractivity contribution in [2.45, 2.75) is 109 Å². The van der Waals surface area contributed by atoms with Gasteiger partial charge in [-0.15, -0.1) is 10.2 Å². The average Bonchev–Trinajstić information content (AvgIpc) is 3.71. The first-order valence-electron chi connectivity index (χ1n) is 24.8. The van der Waals surface area contributed by atoms with Crippen LogP contribution < -0.4 is 20.3 Å². The number of nitrogens with one attached hydrogen (secondary N) is 2. The molecule has 4 saturated heterocycles. The van der Waals surface area contributed by atoms with Gasteiger partial charge in [0.1, 0.15) is 11.8 Å². The van der Waals surface area contributed by atoms with Crippen LogP contribution in [0.25, 0.3) is 6.08 Å². The van der Waals surface area contributed by atoms with Gasteiger partial charge in [0.2, 0.25) is 23.6 Å². The molecule has 3 aromatic rings. The Bertz CT molecular complexity index is 2250. The Balaban J connectivity index is 0.652. The molecule has 1 aromatic carbocycles. The van der Waals surface area contributed by atoms with Gasteiger partial charge in [0.25, 0.3) is 11.8 Å². The maximum Gasteiger partial charge on any atom is 0.274 e. The van der Waals surface area contributed by atoms with Gasteiger partial charge in [-0.1, -0.05) is 37.8 Å². The average molecular weight is 931 g/mol. The van der Waals surface area contributed by atoms with Crippen molar-refractivity contribution < 1.29 is 33.5 Å². The second-order valence-corrected chi connectivity index (χ2v) is 18.7. The van der Waals surface area contributed by atoms with Crippen molar-refractivity contribution >= 4 is 47.3 Å². The largest absolute Gasteiger partial charge is 0.493 e. The fraction of sp³-hybridized carbons (Fsp3) is 0.549. The van der Waals surface area contributed by atoms with Crippen molar-refractivity contribution in [1.29, 1.82) is 0 Å². The number of benzene rings is 1. The number of pyridine rings is 1. The van der Waals surface area contributed by atoms with Gasteiger partial charge in [0.15, 0.2) is 11.5 Å². The molecule has 0 bridgehead atoms. The van der Waals surface area contributed by atoms with E-state index >= 15 is 0 Å². The number of unbranched alkanes of at least 4 members (excludes halogenated alkanes) is 4. The fourth-order valence-electron chi connectivity index (χ4n) is 10.2. The molecule has 17 nitrogen and oxygen atoms in total. The number of hydrogen-bond acceptors (Lipinski definition) is 12. The molecule has 1 unspecified atom stereocenters. The second kappa shape index (κ2) is 23.7. The number of nitrogens with zero attached hydrogens (tertiary/aromatic N) is 8. The topological polar surface area (TPSA) is 191 Å². The van der Waals surface area contributed by atoms with Crippen molar-refractivity contribution in [3.05, 3.63) is 83.3 Å². The van der Waals surface area contributed by atoms with E-state index < -0.39 is 11.9 Å². The van der Waals surface area contributed by atoms with Gasteiger partial charge in [-0.05, 0) is 99.3 Å². The number of piperidine rings is 3. The van der Waals surface area contributed by atoms with Crippen LogP contribution in [0.1, 0.15) is 122 Å². The van der Waals surface area contributed by atoms with Gasteiger partial charge >= 0.3 is 0 Å². The highest BCUT2D eigenvalue weighted by atomic mass is 16.5. The summed E-state index contributed by atoms with van der Waals surface area (Å²) in [6.45, 7) is 7.89. The molecule has 4 fully saturated rings. The van der Waals surface area contributed by atoms with Crippen LogP contribution in [0.4, 0.5) is 5.82 Å². The minimum absolute atomic E-state index is 0.0563. The van der Waals surface area contributed by atoms with Crippen molar-refractivity contribution in [2.75, 3.05) is 70.4 Å². The summed E-state index contributed by atoms with van der Waals surface area (Å²) in [7, 11) is 0. The van der Waals surface area contributed by atoms with Gasteiger partial charge in [-0.3, -0.25) is 44.0 Å². The van der Waals surface area contributed by atoms with Gasteiger partial charge in [-0.2, -0.15) is 0 Å².